The highest BCUT2D eigenvalue weighted by atomic mass is 32.2. The van der Waals surface area contributed by atoms with Crippen molar-refractivity contribution in [2.24, 2.45) is 11.8 Å². The van der Waals surface area contributed by atoms with Crippen molar-refractivity contribution >= 4 is 10.0 Å². The number of aliphatic hydroxyl groups excluding tert-OH is 1. The lowest BCUT2D eigenvalue weighted by molar-refractivity contribution is 0.210. The van der Waals surface area contributed by atoms with Crippen LogP contribution < -0.4 is 0 Å². The molecule has 2 aromatic rings. The second-order valence-corrected chi connectivity index (χ2v) is 8.04. The Morgan fingerprint density at radius 1 is 1.26 bits per heavy atom. The standard InChI is InChI=1S/C16H21N3O3S/c1-13-8-19(10-15(13)12-20)23(21,22)16-7-17-18(11-16)9-14-5-3-2-4-6-14/h2-7,11,13,15,20H,8-10,12H2,1H3/t13-,15+/m1/s1. The van der Waals surface area contributed by atoms with Crippen LogP contribution >= 0.6 is 0 Å². The van der Waals surface area contributed by atoms with Gasteiger partial charge in [0.15, 0.2) is 0 Å². The average Bonchev–Trinajstić information content (AvgIpc) is 3.15. The van der Waals surface area contributed by atoms with Gasteiger partial charge in [0.2, 0.25) is 10.0 Å². The van der Waals surface area contributed by atoms with E-state index in [0.717, 1.165) is 5.56 Å². The van der Waals surface area contributed by atoms with Crippen LogP contribution in [0.1, 0.15) is 12.5 Å². The predicted molar refractivity (Wildman–Crippen MR) is 86.3 cm³/mol. The topological polar surface area (TPSA) is 75.4 Å². The lowest BCUT2D eigenvalue weighted by Gasteiger charge is -2.14. The third kappa shape index (κ3) is 3.31. The van der Waals surface area contributed by atoms with Crippen LogP contribution in [0.25, 0.3) is 0 Å². The van der Waals surface area contributed by atoms with Gasteiger partial charge in [0.1, 0.15) is 4.90 Å². The molecule has 7 heteroatoms. The summed E-state index contributed by atoms with van der Waals surface area (Å²) in [4.78, 5) is 0.208. The van der Waals surface area contributed by atoms with Gasteiger partial charge in [-0.25, -0.2) is 8.42 Å². The lowest BCUT2D eigenvalue weighted by Crippen LogP contribution is -2.29. The first-order valence-electron chi connectivity index (χ1n) is 7.68. The molecule has 1 aromatic heterocycles. The Bertz CT molecular complexity index is 758. The maximum absolute atomic E-state index is 12.7. The molecule has 1 saturated heterocycles. The minimum absolute atomic E-state index is 0.00383. The molecule has 3 rings (SSSR count). The zero-order valence-electron chi connectivity index (χ0n) is 13.0. The lowest BCUT2D eigenvalue weighted by atomic mass is 10.00. The van der Waals surface area contributed by atoms with E-state index in [1.807, 2.05) is 37.3 Å². The van der Waals surface area contributed by atoms with Gasteiger partial charge < -0.3 is 5.11 Å². The van der Waals surface area contributed by atoms with Gasteiger partial charge >= 0.3 is 0 Å². The fourth-order valence-electron chi connectivity index (χ4n) is 2.90. The molecule has 0 radical (unpaired) electrons. The zero-order chi connectivity index (χ0) is 16.4. The Kier molecular flexibility index (Phi) is 4.52. The van der Waals surface area contributed by atoms with Crippen LogP contribution in [-0.2, 0) is 16.6 Å². The number of hydrogen-bond donors (Lipinski definition) is 1. The van der Waals surface area contributed by atoms with Crippen LogP contribution in [0.2, 0.25) is 0 Å². The molecule has 6 nitrogen and oxygen atoms in total. The monoisotopic (exact) mass is 335 g/mol. The molecule has 23 heavy (non-hydrogen) atoms. The fraction of sp³-hybridized carbons (Fsp3) is 0.438. The van der Waals surface area contributed by atoms with Gasteiger partial charge in [-0.1, -0.05) is 37.3 Å². The second kappa shape index (κ2) is 6.43. The Labute approximate surface area is 136 Å². The Hall–Kier alpha value is -1.70. The zero-order valence-corrected chi connectivity index (χ0v) is 13.9. The number of benzene rings is 1. The summed E-state index contributed by atoms with van der Waals surface area (Å²) in [6.45, 7) is 3.32. The van der Waals surface area contributed by atoms with Crippen molar-refractivity contribution < 1.29 is 13.5 Å². The Morgan fingerprint density at radius 2 is 2.00 bits per heavy atom. The Balaban J connectivity index is 1.77. The summed E-state index contributed by atoms with van der Waals surface area (Å²) in [7, 11) is -3.55. The van der Waals surface area contributed by atoms with Crippen molar-refractivity contribution in [1.29, 1.82) is 0 Å². The smallest absolute Gasteiger partial charge is 0.246 e. The maximum Gasteiger partial charge on any atom is 0.246 e. The van der Waals surface area contributed by atoms with Crippen LogP contribution in [0.5, 0.6) is 0 Å². The SMILES string of the molecule is C[C@@H]1CN(S(=O)(=O)c2cnn(Cc3ccccc3)c2)C[C@H]1CO. The number of sulfonamides is 1. The number of aromatic nitrogens is 2. The van der Waals surface area contributed by atoms with E-state index in [9.17, 15) is 13.5 Å². The van der Waals surface area contributed by atoms with Gasteiger partial charge in [-0.15, -0.1) is 0 Å². The molecule has 0 unspecified atom stereocenters. The molecule has 0 bridgehead atoms. The third-order valence-electron chi connectivity index (χ3n) is 4.40. The molecule has 124 valence electrons. The molecule has 2 atom stereocenters. The molecule has 0 spiro atoms. The van der Waals surface area contributed by atoms with Gasteiger partial charge in [0.05, 0.1) is 12.7 Å². The number of aliphatic hydroxyl groups is 1. The summed E-state index contributed by atoms with van der Waals surface area (Å²) >= 11 is 0. The molecule has 1 aliphatic heterocycles. The van der Waals surface area contributed by atoms with Gasteiger partial charge in [0, 0.05) is 25.9 Å². The quantitative estimate of drug-likeness (QED) is 0.890. The van der Waals surface area contributed by atoms with Crippen molar-refractivity contribution in [3.8, 4) is 0 Å². The van der Waals surface area contributed by atoms with E-state index >= 15 is 0 Å². The van der Waals surface area contributed by atoms with Crippen LogP contribution in [0.3, 0.4) is 0 Å². The number of hydrogen-bond acceptors (Lipinski definition) is 4. The highest BCUT2D eigenvalue weighted by Gasteiger charge is 2.37. The first kappa shape index (κ1) is 16.2. The molecular weight excluding hydrogens is 314 g/mol. The van der Waals surface area contributed by atoms with Crippen molar-refractivity contribution in [2.45, 2.75) is 18.4 Å². The average molecular weight is 335 g/mol. The van der Waals surface area contributed by atoms with E-state index in [0.29, 0.717) is 19.6 Å². The van der Waals surface area contributed by atoms with Crippen molar-refractivity contribution in [2.75, 3.05) is 19.7 Å². The normalized spacial score (nSPS) is 22.5. The molecule has 2 heterocycles. The van der Waals surface area contributed by atoms with Gasteiger partial charge in [-0.3, -0.25) is 4.68 Å². The minimum atomic E-state index is -3.55. The first-order chi connectivity index (χ1) is 11.0. The summed E-state index contributed by atoms with van der Waals surface area (Å²) in [5, 5.41) is 13.5. The van der Waals surface area contributed by atoms with Crippen LogP contribution in [0.15, 0.2) is 47.6 Å². The maximum atomic E-state index is 12.7. The molecule has 0 saturated carbocycles. The minimum Gasteiger partial charge on any atom is -0.396 e. The van der Waals surface area contributed by atoms with E-state index in [1.165, 1.54) is 10.5 Å². The van der Waals surface area contributed by atoms with Gasteiger partial charge in [0.25, 0.3) is 0 Å². The predicted octanol–water partition coefficient (Wildman–Crippen LogP) is 1.18. The fourth-order valence-corrected chi connectivity index (χ4v) is 4.46. The second-order valence-electron chi connectivity index (χ2n) is 6.10. The molecule has 1 fully saturated rings. The van der Waals surface area contributed by atoms with E-state index in [4.69, 9.17) is 0 Å². The van der Waals surface area contributed by atoms with Crippen LogP contribution in [0, 0.1) is 11.8 Å². The molecule has 1 aliphatic rings. The summed E-state index contributed by atoms with van der Waals surface area (Å²) in [6.07, 6.45) is 2.97. The van der Waals surface area contributed by atoms with E-state index in [-0.39, 0.29) is 23.3 Å². The summed E-state index contributed by atoms with van der Waals surface area (Å²) in [5.41, 5.74) is 1.06. The molecule has 1 N–H and O–H groups in total. The molecule has 0 aliphatic carbocycles. The third-order valence-corrected chi connectivity index (χ3v) is 6.19. The summed E-state index contributed by atoms with van der Waals surface area (Å²) in [6, 6.07) is 9.77. The number of nitrogens with zero attached hydrogens (tertiary/aromatic N) is 3. The van der Waals surface area contributed by atoms with Gasteiger partial charge in [-0.05, 0) is 17.4 Å². The Morgan fingerprint density at radius 3 is 2.65 bits per heavy atom. The largest absolute Gasteiger partial charge is 0.396 e. The van der Waals surface area contributed by atoms with E-state index < -0.39 is 10.0 Å². The van der Waals surface area contributed by atoms with Crippen molar-refractivity contribution in [3.63, 3.8) is 0 Å². The summed E-state index contributed by atoms with van der Waals surface area (Å²) < 4.78 is 28.5. The van der Waals surface area contributed by atoms with Gasteiger partial charge in [-0.2, -0.15) is 9.40 Å². The number of rotatable bonds is 5. The van der Waals surface area contributed by atoms with Crippen molar-refractivity contribution in [1.82, 2.24) is 14.1 Å². The first-order valence-corrected chi connectivity index (χ1v) is 9.12. The van der Waals surface area contributed by atoms with Crippen LogP contribution in [0.4, 0.5) is 0 Å². The molecular formula is C16H21N3O3S. The van der Waals surface area contributed by atoms with E-state index in [2.05, 4.69) is 5.10 Å². The van der Waals surface area contributed by atoms with Crippen LogP contribution in [-0.4, -0.2) is 47.3 Å². The molecule has 0 amide bonds. The highest BCUT2D eigenvalue weighted by molar-refractivity contribution is 7.89. The van der Waals surface area contributed by atoms with Crippen molar-refractivity contribution in [3.05, 3.63) is 48.3 Å². The highest BCUT2D eigenvalue weighted by Crippen LogP contribution is 2.28. The summed E-state index contributed by atoms with van der Waals surface area (Å²) in [5.74, 6) is 0.165. The van der Waals surface area contributed by atoms with E-state index in [1.54, 1.807) is 10.9 Å². The molecule has 1 aromatic carbocycles.